The Morgan fingerprint density at radius 2 is 1.92 bits per heavy atom. The van der Waals surface area contributed by atoms with Gasteiger partial charge < -0.3 is 5.32 Å². The van der Waals surface area contributed by atoms with Crippen LogP contribution in [-0.2, 0) is 11.0 Å². The van der Waals surface area contributed by atoms with Gasteiger partial charge in [0.05, 0.1) is 27.9 Å². The molecule has 2 heterocycles. The fraction of sp³-hybridized carbons (Fsp3) is 0.0625. The second-order valence-electron chi connectivity index (χ2n) is 5.19. The molecule has 0 spiro atoms. The van der Waals surface area contributed by atoms with Crippen molar-refractivity contribution in [1.29, 1.82) is 0 Å². The zero-order valence-corrected chi connectivity index (χ0v) is 13.3. The predicted molar refractivity (Wildman–Crippen MR) is 93.9 cm³/mol. The maximum Gasteiger partial charge on any atom is 0.272 e. The van der Waals surface area contributed by atoms with Crippen LogP contribution in [0, 0.1) is 0 Å². The van der Waals surface area contributed by atoms with Crippen molar-refractivity contribution >= 4 is 39.1 Å². The molecule has 24 heavy (non-hydrogen) atoms. The van der Waals surface area contributed by atoms with Crippen molar-refractivity contribution in [3.05, 3.63) is 58.9 Å². The summed E-state index contributed by atoms with van der Waals surface area (Å²) in [6.45, 7) is 0.276. The van der Waals surface area contributed by atoms with Gasteiger partial charge in [0.2, 0.25) is 0 Å². The third-order valence-electron chi connectivity index (χ3n) is 3.64. The molecule has 0 saturated carbocycles. The lowest BCUT2D eigenvalue weighted by atomic mass is 10.1. The molecule has 0 fully saturated rings. The number of amidine groups is 1. The molecule has 0 bridgehead atoms. The van der Waals surface area contributed by atoms with E-state index in [1.165, 1.54) is 0 Å². The highest BCUT2D eigenvalue weighted by Gasteiger charge is 2.17. The first-order chi connectivity index (χ1) is 11.7. The molecule has 8 heteroatoms. The summed E-state index contributed by atoms with van der Waals surface area (Å²) in [5.74, 6) is 1.03. The molecule has 1 aromatic heterocycles. The lowest BCUT2D eigenvalue weighted by molar-refractivity contribution is 0.676. The summed E-state index contributed by atoms with van der Waals surface area (Å²) in [6.07, 6.45) is 0. The van der Waals surface area contributed by atoms with Crippen LogP contribution in [0.25, 0.3) is 10.8 Å². The number of aromatic amines is 1. The molecule has 0 amide bonds. The van der Waals surface area contributed by atoms with Crippen molar-refractivity contribution in [2.24, 2.45) is 4.99 Å². The summed E-state index contributed by atoms with van der Waals surface area (Å²) in [4.78, 5) is 16.9. The van der Waals surface area contributed by atoms with Crippen molar-refractivity contribution < 1.29 is 4.21 Å². The first-order valence-electron chi connectivity index (χ1n) is 7.29. The standard InChI is InChI=1S/C16H13N5O2S/c22-16-11-7-4-8-12-14(11)15(20-21-16)19-13(18-12)9-17-24(23)10-5-2-1-3-6-10/h1-8,17H,9H2,(H,21,22)(H,18,19,20). The van der Waals surface area contributed by atoms with Crippen molar-refractivity contribution in [2.45, 2.75) is 4.90 Å². The van der Waals surface area contributed by atoms with E-state index in [1.54, 1.807) is 24.3 Å². The highest BCUT2D eigenvalue weighted by atomic mass is 32.2. The van der Waals surface area contributed by atoms with E-state index in [0.29, 0.717) is 27.3 Å². The first-order valence-corrected chi connectivity index (χ1v) is 8.44. The smallest absolute Gasteiger partial charge is 0.272 e. The maximum absolute atomic E-state index is 12.2. The van der Waals surface area contributed by atoms with E-state index in [2.05, 4.69) is 25.2 Å². The number of aromatic nitrogens is 2. The number of benzene rings is 2. The minimum atomic E-state index is -1.33. The second-order valence-corrected chi connectivity index (χ2v) is 6.49. The van der Waals surface area contributed by atoms with Crippen molar-refractivity contribution in [2.75, 3.05) is 11.9 Å². The zero-order valence-electron chi connectivity index (χ0n) is 12.4. The SMILES string of the molecule is O=c1[nH]nc2c3c(cccc13)NC(CNS(=O)c1ccccc1)=N2. The van der Waals surface area contributed by atoms with Crippen LogP contribution in [0.1, 0.15) is 0 Å². The number of hydrogen-bond acceptors (Lipinski definition) is 5. The van der Waals surface area contributed by atoms with Gasteiger partial charge in [0.25, 0.3) is 5.56 Å². The molecule has 2 aromatic carbocycles. The molecule has 4 rings (SSSR count). The van der Waals surface area contributed by atoms with E-state index in [9.17, 15) is 9.00 Å². The molecular formula is C16H13N5O2S. The molecule has 0 aliphatic carbocycles. The van der Waals surface area contributed by atoms with Gasteiger partial charge in [-0.1, -0.05) is 24.3 Å². The zero-order chi connectivity index (χ0) is 16.5. The maximum atomic E-state index is 12.2. The van der Waals surface area contributed by atoms with E-state index >= 15 is 0 Å². The summed E-state index contributed by atoms with van der Waals surface area (Å²) in [5.41, 5.74) is 0.512. The third-order valence-corrected chi connectivity index (χ3v) is 4.75. The summed E-state index contributed by atoms with van der Waals surface area (Å²) in [5, 5.41) is 10.8. The van der Waals surface area contributed by atoms with Gasteiger partial charge in [-0.25, -0.2) is 19.0 Å². The van der Waals surface area contributed by atoms with E-state index in [1.807, 2.05) is 24.3 Å². The Morgan fingerprint density at radius 1 is 1.08 bits per heavy atom. The van der Waals surface area contributed by atoms with Crippen LogP contribution in [-0.4, -0.2) is 26.8 Å². The summed E-state index contributed by atoms with van der Waals surface area (Å²) in [7, 11) is -1.33. The monoisotopic (exact) mass is 339 g/mol. The third kappa shape index (κ3) is 2.61. The highest BCUT2D eigenvalue weighted by Crippen LogP contribution is 2.31. The summed E-state index contributed by atoms with van der Waals surface area (Å²) < 4.78 is 15.1. The number of anilines is 1. The van der Waals surface area contributed by atoms with Gasteiger partial charge >= 0.3 is 0 Å². The van der Waals surface area contributed by atoms with E-state index < -0.39 is 11.0 Å². The fourth-order valence-electron chi connectivity index (χ4n) is 2.54. The van der Waals surface area contributed by atoms with Crippen molar-refractivity contribution in [3.8, 4) is 0 Å². The number of nitrogens with zero attached hydrogens (tertiary/aromatic N) is 2. The van der Waals surface area contributed by atoms with Gasteiger partial charge in [-0.15, -0.1) is 0 Å². The Labute approximate surface area is 139 Å². The van der Waals surface area contributed by atoms with Gasteiger partial charge in [0, 0.05) is 0 Å². The molecule has 1 aliphatic rings. The molecule has 3 N–H and O–H groups in total. The molecular weight excluding hydrogens is 326 g/mol. The Morgan fingerprint density at radius 3 is 2.75 bits per heavy atom. The van der Waals surface area contributed by atoms with Crippen molar-refractivity contribution in [1.82, 2.24) is 14.9 Å². The summed E-state index contributed by atoms with van der Waals surface area (Å²) >= 11 is 0. The Balaban J connectivity index is 1.60. The molecule has 0 saturated heterocycles. The van der Waals surface area contributed by atoms with Crippen LogP contribution in [0.4, 0.5) is 11.5 Å². The number of aliphatic imine (C=N–C) groups is 1. The van der Waals surface area contributed by atoms with Crippen LogP contribution in [0.2, 0.25) is 0 Å². The van der Waals surface area contributed by atoms with Gasteiger partial charge in [0.15, 0.2) is 5.82 Å². The number of nitrogens with one attached hydrogen (secondary N) is 3. The van der Waals surface area contributed by atoms with Gasteiger partial charge in [-0.2, -0.15) is 5.10 Å². The molecule has 0 radical (unpaired) electrons. The fourth-order valence-corrected chi connectivity index (χ4v) is 3.38. The Kier molecular flexibility index (Phi) is 3.68. The molecule has 3 aromatic rings. The predicted octanol–water partition coefficient (Wildman–Crippen LogP) is 1.69. The molecule has 7 nitrogen and oxygen atoms in total. The largest absolute Gasteiger partial charge is 0.342 e. The van der Waals surface area contributed by atoms with E-state index in [-0.39, 0.29) is 12.1 Å². The Hall–Kier alpha value is -2.84. The molecule has 1 unspecified atom stereocenters. The van der Waals surface area contributed by atoms with Crippen LogP contribution in [0.3, 0.4) is 0 Å². The van der Waals surface area contributed by atoms with Crippen LogP contribution in [0.5, 0.6) is 0 Å². The topological polar surface area (TPSA) is 99.2 Å². The quantitative estimate of drug-likeness (QED) is 0.673. The molecule has 1 atom stereocenters. The van der Waals surface area contributed by atoms with Crippen LogP contribution in [0.15, 0.2) is 63.2 Å². The average Bonchev–Trinajstić information content (AvgIpc) is 2.63. The first kappa shape index (κ1) is 14.7. The van der Waals surface area contributed by atoms with Gasteiger partial charge in [0.1, 0.15) is 16.8 Å². The number of hydrogen-bond donors (Lipinski definition) is 3. The van der Waals surface area contributed by atoms with E-state index in [0.717, 1.165) is 5.69 Å². The number of H-pyrrole nitrogens is 1. The van der Waals surface area contributed by atoms with Gasteiger partial charge in [-0.3, -0.25) is 4.79 Å². The average molecular weight is 339 g/mol. The minimum Gasteiger partial charge on any atom is -0.342 e. The number of rotatable bonds is 4. The van der Waals surface area contributed by atoms with Crippen molar-refractivity contribution in [3.63, 3.8) is 0 Å². The highest BCUT2D eigenvalue weighted by molar-refractivity contribution is 7.83. The second kappa shape index (κ2) is 5.99. The minimum absolute atomic E-state index is 0.251. The van der Waals surface area contributed by atoms with Crippen LogP contribution < -0.4 is 15.6 Å². The van der Waals surface area contributed by atoms with Crippen LogP contribution >= 0.6 is 0 Å². The molecule has 1 aliphatic heterocycles. The van der Waals surface area contributed by atoms with E-state index in [4.69, 9.17) is 0 Å². The Bertz CT molecular complexity index is 1030. The normalized spacial score (nSPS) is 14.1. The lowest BCUT2D eigenvalue weighted by Crippen LogP contribution is -2.31. The lowest BCUT2D eigenvalue weighted by Gasteiger charge is -2.17. The van der Waals surface area contributed by atoms with Gasteiger partial charge in [-0.05, 0) is 24.3 Å². The summed E-state index contributed by atoms with van der Waals surface area (Å²) in [6, 6.07) is 14.5. The molecule has 120 valence electrons.